The molecule has 188 valence electrons. The van der Waals surface area contributed by atoms with E-state index in [9.17, 15) is 4.79 Å². The number of aliphatic imine (C=N–C) groups is 1. The van der Waals surface area contributed by atoms with Gasteiger partial charge in [-0.2, -0.15) is 5.26 Å². The largest absolute Gasteiger partial charge is 0.378 e. The van der Waals surface area contributed by atoms with Gasteiger partial charge in [-0.15, -0.1) is 12.6 Å². The number of hydrogen-bond donors (Lipinski definition) is 2. The van der Waals surface area contributed by atoms with Crippen molar-refractivity contribution in [2.75, 3.05) is 37.1 Å². The van der Waals surface area contributed by atoms with Gasteiger partial charge < -0.3 is 15.1 Å². The van der Waals surface area contributed by atoms with Crippen molar-refractivity contribution in [1.82, 2.24) is 15.3 Å². The number of carbonyl (C=O) groups excluding carboxylic acids is 1. The average Bonchev–Trinajstić information content (AvgIpc) is 2.93. The smallest absolute Gasteiger partial charge is 0.245 e. The average molecular weight is 512 g/mol. The maximum Gasteiger partial charge on any atom is 0.245 e. The standard InChI is InChI=1S/C28H29N7OS/c1-30-25-15-24(34(2)3)9-10-26(25)35(13-11-21-6-5-12-31-17-21)20-33-28(36)8-4-7-27(37)23-14-22(16-29)18-32-19-23/h4-10,12,14-15,17-19,37H,1,11,13,20H2,2-3H3,(H,33,36)/b8-4+,27-7-. The lowest BCUT2D eigenvalue weighted by Gasteiger charge is -2.27. The lowest BCUT2D eigenvalue weighted by atomic mass is 10.1. The van der Waals surface area contributed by atoms with E-state index in [1.165, 1.54) is 12.3 Å². The van der Waals surface area contributed by atoms with Crippen LogP contribution in [0.3, 0.4) is 0 Å². The highest BCUT2D eigenvalue weighted by molar-refractivity contribution is 7.90. The summed E-state index contributed by atoms with van der Waals surface area (Å²) in [5, 5.41) is 12.0. The van der Waals surface area contributed by atoms with Crippen LogP contribution in [0.2, 0.25) is 0 Å². The zero-order valence-electron chi connectivity index (χ0n) is 20.9. The molecule has 0 fully saturated rings. The van der Waals surface area contributed by atoms with E-state index in [0.717, 1.165) is 29.0 Å². The van der Waals surface area contributed by atoms with Gasteiger partial charge in [0.25, 0.3) is 0 Å². The summed E-state index contributed by atoms with van der Waals surface area (Å²) in [6.07, 6.45) is 12.1. The maximum atomic E-state index is 12.6. The third-order valence-electron chi connectivity index (χ3n) is 5.49. The number of carbonyl (C=O) groups is 1. The summed E-state index contributed by atoms with van der Waals surface area (Å²) in [6.45, 7) is 4.66. The number of benzene rings is 1. The summed E-state index contributed by atoms with van der Waals surface area (Å²) in [5.74, 6) is -0.259. The van der Waals surface area contributed by atoms with Crippen LogP contribution in [0.1, 0.15) is 16.7 Å². The summed E-state index contributed by atoms with van der Waals surface area (Å²) in [5.41, 5.74) is 4.85. The first kappa shape index (κ1) is 27.2. The third-order valence-corrected chi connectivity index (χ3v) is 5.90. The minimum absolute atomic E-state index is 0.259. The normalized spacial score (nSPS) is 11.1. The molecule has 0 aliphatic carbocycles. The van der Waals surface area contributed by atoms with E-state index in [0.29, 0.717) is 22.6 Å². The Hall–Kier alpha value is -4.42. The molecule has 0 radical (unpaired) electrons. The second-order valence-electron chi connectivity index (χ2n) is 8.28. The topological polar surface area (TPSA) is 97.5 Å². The van der Waals surface area contributed by atoms with E-state index < -0.39 is 0 Å². The number of nitrogens with zero attached hydrogens (tertiary/aromatic N) is 6. The fourth-order valence-corrected chi connectivity index (χ4v) is 3.68. The van der Waals surface area contributed by atoms with Crippen LogP contribution < -0.4 is 15.1 Å². The molecule has 1 amide bonds. The van der Waals surface area contributed by atoms with Gasteiger partial charge in [0.05, 0.1) is 23.6 Å². The summed E-state index contributed by atoms with van der Waals surface area (Å²) in [7, 11) is 3.94. The molecule has 2 heterocycles. The lowest BCUT2D eigenvalue weighted by molar-refractivity contribution is -0.116. The van der Waals surface area contributed by atoms with Crippen LogP contribution in [0.25, 0.3) is 4.91 Å². The van der Waals surface area contributed by atoms with Gasteiger partial charge in [-0.1, -0.05) is 12.1 Å². The molecule has 37 heavy (non-hydrogen) atoms. The fraction of sp³-hybridized carbons (Fsp3) is 0.179. The van der Waals surface area contributed by atoms with Crippen LogP contribution >= 0.6 is 12.6 Å². The molecule has 0 aliphatic heterocycles. The minimum atomic E-state index is -0.259. The predicted octanol–water partition coefficient (Wildman–Crippen LogP) is 4.40. The van der Waals surface area contributed by atoms with Gasteiger partial charge in [0.15, 0.2) is 0 Å². The number of nitriles is 1. The number of nitrogens with one attached hydrogen (secondary N) is 1. The molecule has 0 atom stereocenters. The van der Waals surface area contributed by atoms with Gasteiger partial charge in [0.2, 0.25) is 5.91 Å². The number of allylic oxidation sites excluding steroid dienone is 2. The van der Waals surface area contributed by atoms with Gasteiger partial charge in [-0.05, 0) is 55.1 Å². The summed E-state index contributed by atoms with van der Waals surface area (Å²) in [4.78, 5) is 29.7. The molecule has 0 bridgehead atoms. The first-order valence-electron chi connectivity index (χ1n) is 11.5. The number of hydrogen-bond acceptors (Lipinski definition) is 8. The van der Waals surface area contributed by atoms with Crippen molar-refractivity contribution in [3.05, 3.63) is 96.1 Å². The van der Waals surface area contributed by atoms with E-state index in [1.807, 2.05) is 61.6 Å². The molecule has 3 aromatic rings. The molecular formula is C28H29N7OS. The van der Waals surface area contributed by atoms with Gasteiger partial charge in [-0.25, -0.2) is 0 Å². The molecule has 0 saturated heterocycles. The van der Waals surface area contributed by atoms with E-state index in [-0.39, 0.29) is 12.6 Å². The second-order valence-corrected chi connectivity index (χ2v) is 8.77. The molecule has 2 aromatic heterocycles. The second kappa shape index (κ2) is 13.6. The lowest BCUT2D eigenvalue weighted by Crippen LogP contribution is -2.38. The number of pyridine rings is 2. The Bertz CT molecular complexity index is 1330. The van der Waals surface area contributed by atoms with Gasteiger partial charge in [0, 0.05) is 67.7 Å². The number of anilines is 2. The minimum Gasteiger partial charge on any atom is -0.378 e. The molecular weight excluding hydrogens is 482 g/mol. The van der Waals surface area contributed by atoms with E-state index >= 15 is 0 Å². The highest BCUT2D eigenvalue weighted by Gasteiger charge is 2.13. The number of aromatic nitrogens is 2. The first-order chi connectivity index (χ1) is 17.9. The molecule has 8 nitrogen and oxygen atoms in total. The molecule has 3 rings (SSSR count). The number of amides is 1. The van der Waals surface area contributed by atoms with Crippen LogP contribution in [0.4, 0.5) is 17.1 Å². The molecule has 1 aromatic carbocycles. The van der Waals surface area contributed by atoms with Crippen molar-refractivity contribution in [2.45, 2.75) is 6.42 Å². The number of rotatable bonds is 11. The SMILES string of the molecule is C=Nc1cc(N(C)C)ccc1N(CCc1cccnc1)CNC(=O)/C=C/C=C(\S)c1cncc(C#N)c1. The Kier molecular flexibility index (Phi) is 10.00. The summed E-state index contributed by atoms with van der Waals surface area (Å²) in [6, 6.07) is 13.6. The zero-order valence-corrected chi connectivity index (χ0v) is 21.8. The Labute approximate surface area is 223 Å². The quantitative estimate of drug-likeness (QED) is 0.130. The van der Waals surface area contributed by atoms with Crippen molar-refractivity contribution in [3.63, 3.8) is 0 Å². The molecule has 0 spiro atoms. The van der Waals surface area contributed by atoms with Crippen LogP contribution in [-0.2, 0) is 11.2 Å². The summed E-state index contributed by atoms with van der Waals surface area (Å²) < 4.78 is 0. The fourth-order valence-electron chi connectivity index (χ4n) is 3.48. The Morgan fingerprint density at radius 3 is 2.76 bits per heavy atom. The molecule has 9 heteroatoms. The Balaban J connectivity index is 1.72. The third kappa shape index (κ3) is 8.05. The molecule has 0 unspecified atom stereocenters. The number of thiol groups is 1. The Morgan fingerprint density at radius 2 is 2.05 bits per heavy atom. The van der Waals surface area contributed by atoms with Gasteiger partial charge in [0.1, 0.15) is 6.07 Å². The van der Waals surface area contributed by atoms with Crippen molar-refractivity contribution < 1.29 is 4.79 Å². The van der Waals surface area contributed by atoms with Gasteiger partial charge in [-0.3, -0.25) is 19.8 Å². The highest BCUT2D eigenvalue weighted by Crippen LogP contribution is 2.32. The van der Waals surface area contributed by atoms with E-state index in [1.54, 1.807) is 30.6 Å². The van der Waals surface area contributed by atoms with Crippen molar-refractivity contribution >= 4 is 47.2 Å². The van der Waals surface area contributed by atoms with E-state index in [2.05, 4.69) is 44.5 Å². The Morgan fingerprint density at radius 1 is 1.22 bits per heavy atom. The van der Waals surface area contributed by atoms with Crippen LogP contribution in [0.15, 0.2) is 84.4 Å². The molecule has 0 saturated carbocycles. The maximum absolute atomic E-state index is 12.6. The summed E-state index contributed by atoms with van der Waals surface area (Å²) >= 11 is 4.44. The van der Waals surface area contributed by atoms with Crippen molar-refractivity contribution in [1.29, 1.82) is 5.26 Å². The first-order valence-corrected chi connectivity index (χ1v) is 12.0. The predicted molar refractivity (Wildman–Crippen MR) is 153 cm³/mol. The van der Waals surface area contributed by atoms with Crippen LogP contribution in [-0.4, -0.2) is 49.9 Å². The van der Waals surface area contributed by atoms with Crippen molar-refractivity contribution in [2.24, 2.45) is 4.99 Å². The monoisotopic (exact) mass is 511 g/mol. The van der Waals surface area contributed by atoms with Crippen molar-refractivity contribution in [3.8, 4) is 6.07 Å². The van der Waals surface area contributed by atoms with Gasteiger partial charge >= 0.3 is 0 Å². The highest BCUT2D eigenvalue weighted by atomic mass is 32.1. The van der Waals surface area contributed by atoms with Crippen LogP contribution in [0, 0.1) is 11.3 Å². The van der Waals surface area contributed by atoms with Crippen LogP contribution in [0.5, 0.6) is 0 Å². The zero-order chi connectivity index (χ0) is 26.6. The molecule has 0 aliphatic rings. The van der Waals surface area contributed by atoms with E-state index in [4.69, 9.17) is 5.26 Å². The molecule has 1 N–H and O–H groups in total.